The number of nitrogens with zero attached hydrogens (tertiary/aromatic N) is 1. The van der Waals surface area contributed by atoms with E-state index in [1.165, 1.54) is 18.4 Å². The van der Waals surface area contributed by atoms with Crippen molar-refractivity contribution in [2.45, 2.75) is 75.9 Å². The molecule has 1 N–H and O–H groups in total. The van der Waals surface area contributed by atoms with Gasteiger partial charge in [-0.3, -0.25) is 9.59 Å². The second-order valence-corrected chi connectivity index (χ2v) is 9.50. The first-order valence-electron chi connectivity index (χ1n) is 11.4. The lowest BCUT2D eigenvalue weighted by molar-refractivity contribution is -0.141. The maximum absolute atomic E-state index is 13.3. The molecule has 4 nitrogen and oxygen atoms in total. The molecule has 5 heteroatoms. The third kappa shape index (κ3) is 7.13. The SMILES string of the molecule is CC[C@H](C(=O)NC1CCCC1)N(Cc1ccc(C)cc1)C(=O)CCSc1ccccc1. The maximum atomic E-state index is 13.3. The van der Waals surface area contributed by atoms with Crippen molar-refractivity contribution in [3.05, 3.63) is 65.7 Å². The number of benzene rings is 2. The van der Waals surface area contributed by atoms with E-state index in [1.807, 2.05) is 25.1 Å². The first kappa shape index (κ1) is 23.4. The summed E-state index contributed by atoms with van der Waals surface area (Å²) < 4.78 is 0. The standard InChI is InChI=1S/C26H34N2O2S/c1-3-24(26(30)27-22-9-7-8-10-22)28(19-21-15-13-20(2)14-16-21)25(29)17-18-31-23-11-5-4-6-12-23/h4-6,11-16,22,24H,3,7-10,17-19H2,1-2H3,(H,27,30)/t24-/m1/s1. The first-order valence-corrected chi connectivity index (χ1v) is 12.4. The summed E-state index contributed by atoms with van der Waals surface area (Å²) in [5, 5.41) is 3.20. The van der Waals surface area contributed by atoms with Crippen molar-refractivity contribution in [3.63, 3.8) is 0 Å². The van der Waals surface area contributed by atoms with E-state index < -0.39 is 6.04 Å². The van der Waals surface area contributed by atoms with Crippen LogP contribution in [0.2, 0.25) is 0 Å². The smallest absolute Gasteiger partial charge is 0.243 e. The Morgan fingerprint density at radius 3 is 2.39 bits per heavy atom. The minimum Gasteiger partial charge on any atom is -0.352 e. The van der Waals surface area contributed by atoms with Crippen molar-refractivity contribution in [1.82, 2.24) is 10.2 Å². The number of nitrogens with one attached hydrogen (secondary N) is 1. The molecular formula is C26H34N2O2S. The van der Waals surface area contributed by atoms with Gasteiger partial charge in [-0.2, -0.15) is 0 Å². The van der Waals surface area contributed by atoms with E-state index in [2.05, 4.69) is 48.6 Å². The molecule has 1 aliphatic rings. The van der Waals surface area contributed by atoms with Crippen LogP contribution in [-0.4, -0.2) is 34.6 Å². The van der Waals surface area contributed by atoms with E-state index in [0.717, 1.165) is 23.3 Å². The molecule has 1 fully saturated rings. The summed E-state index contributed by atoms with van der Waals surface area (Å²) >= 11 is 1.68. The van der Waals surface area contributed by atoms with Crippen LogP contribution >= 0.6 is 11.8 Å². The maximum Gasteiger partial charge on any atom is 0.243 e. The quantitative estimate of drug-likeness (QED) is 0.509. The molecule has 0 radical (unpaired) electrons. The Bertz CT molecular complexity index is 832. The van der Waals surface area contributed by atoms with Gasteiger partial charge in [-0.25, -0.2) is 0 Å². The number of carbonyl (C=O) groups is 2. The third-order valence-electron chi connectivity index (χ3n) is 5.89. The fraction of sp³-hybridized carbons (Fsp3) is 0.462. The molecule has 0 heterocycles. The minimum absolute atomic E-state index is 0.00873. The van der Waals surface area contributed by atoms with Gasteiger partial charge in [-0.1, -0.05) is 67.8 Å². The van der Waals surface area contributed by atoms with Crippen LogP contribution in [0.5, 0.6) is 0 Å². The van der Waals surface area contributed by atoms with Gasteiger partial charge in [0.2, 0.25) is 11.8 Å². The summed E-state index contributed by atoms with van der Waals surface area (Å²) in [6, 6.07) is 18.2. The Balaban J connectivity index is 1.69. The van der Waals surface area contributed by atoms with Crippen molar-refractivity contribution < 1.29 is 9.59 Å². The Labute approximate surface area is 190 Å². The molecule has 0 bridgehead atoms. The number of rotatable bonds is 10. The number of aryl methyl sites for hydroxylation is 1. The molecular weight excluding hydrogens is 404 g/mol. The van der Waals surface area contributed by atoms with Crippen molar-refractivity contribution in [2.24, 2.45) is 0 Å². The van der Waals surface area contributed by atoms with Crippen LogP contribution in [0.1, 0.15) is 56.6 Å². The summed E-state index contributed by atoms with van der Waals surface area (Å²) in [6.07, 6.45) is 5.46. The topological polar surface area (TPSA) is 49.4 Å². The van der Waals surface area contributed by atoms with Gasteiger partial charge in [0, 0.05) is 29.7 Å². The Morgan fingerprint density at radius 2 is 1.74 bits per heavy atom. The molecule has 1 atom stereocenters. The van der Waals surface area contributed by atoms with Gasteiger partial charge in [0.1, 0.15) is 6.04 Å². The Morgan fingerprint density at radius 1 is 1.06 bits per heavy atom. The molecule has 166 valence electrons. The highest BCUT2D eigenvalue weighted by Crippen LogP contribution is 2.22. The largest absolute Gasteiger partial charge is 0.352 e. The lowest BCUT2D eigenvalue weighted by Gasteiger charge is -2.31. The molecule has 2 amide bonds. The average Bonchev–Trinajstić information content (AvgIpc) is 3.28. The van der Waals surface area contributed by atoms with Gasteiger partial charge >= 0.3 is 0 Å². The summed E-state index contributed by atoms with van der Waals surface area (Å²) in [5.74, 6) is 0.733. The number of hydrogen-bond acceptors (Lipinski definition) is 3. The van der Waals surface area contributed by atoms with E-state index in [0.29, 0.717) is 25.1 Å². The highest BCUT2D eigenvalue weighted by atomic mass is 32.2. The third-order valence-corrected chi connectivity index (χ3v) is 6.90. The molecule has 3 rings (SSSR count). The number of carbonyl (C=O) groups excluding carboxylic acids is 2. The molecule has 31 heavy (non-hydrogen) atoms. The van der Waals surface area contributed by atoms with Crippen LogP contribution in [0.15, 0.2) is 59.5 Å². The molecule has 2 aromatic carbocycles. The van der Waals surface area contributed by atoms with Gasteiger partial charge in [-0.15, -0.1) is 11.8 Å². The van der Waals surface area contributed by atoms with Crippen molar-refractivity contribution >= 4 is 23.6 Å². The van der Waals surface area contributed by atoms with Crippen LogP contribution in [0.4, 0.5) is 0 Å². The van der Waals surface area contributed by atoms with E-state index >= 15 is 0 Å². The normalized spacial score (nSPS) is 14.9. The molecule has 2 aromatic rings. The van der Waals surface area contributed by atoms with Crippen molar-refractivity contribution in [3.8, 4) is 0 Å². The molecule has 0 aromatic heterocycles. The lowest BCUT2D eigenvalue weighted by atomic mass is 10.1. The van der Waals surface area contributed by atoms with Crippen LogP contribution in [0, 0.1) is 6.92 Å². The number of hydrogen-bond donors (Lipinski definition) is 1. The summed E-state index contributed by atoms with van der Waals surface area (Å²) in [7, 11) is 0. The van der Waals surface area contributed by atoms with Crippen LogP contribution in [0.25, 0.3) is 0 Å². The number of amides is 2. The number of thioether (sulfide) groups is 1. The van der Waals surface area contributed by atoms with Crippen molar-refractivity contribution in [2.75, 3.05) is 5.75 Å². The molecule has 0 aliphatic heterocycles. The fourth-order valence-electron chi connectivity index (χ4n) is 4.09. The zero-order valence-electron chi connectivity index (χ0n) is 18.7. The molecule has 1 saturated carbocycles. The van der Waals surface area contributed by atoms with Crippen LogP contribution in [0.3, 0.4) is 0 Å². The van der Waals surface area contributed by atoms with E-state index in [9.17, 15) is 9.59 Å². The Hall–Kier alpha value is -2.27. The van der Waals surface area contributed by atoms with Crippen molar-refractivity contribution in [1.29, 1.82) is 0 Å². The second-order valence-electron chi connectivity index (χ2n) is 8.33. The predicted molar refractivity (Wildman–Crippen MR) is 128 cm³/mol. The second kappa shape index (κ2) is 11.9. The molecule has 0 saturated heterocycles. The van der Waals surface area contributed by atoms with E-state index in [-0.39, 0.29) is 17.9 Å². The molecule has 0 spiro atoms. The minimum atomic E-state index is -0.434. The van der Waals surface area contributed by atoms with Crippen LogP contribution < -0.4 is 5.32 Å². The Kier molecular flexibility index (Phi) is 9.01. The van der Waals surface area contributed by atoms with Gasteiger partial charge in [0.25, 0.3) is 0 Å². The lowest BCUT2D eigenvalue weighted by Crippen LogP contribution is -2.51. The zero-order valence-corrected chi connectivity index (χ0v) is 19.5. The highest BCUT2D eigenvalue weighted by Gasteiger charge is 2.30. The van der Waals surface area contributed by atoms with E-state index in [1.54, 1.807) is 16.7 Å². The van der Waals surface area contributed by atoms with Gasteiger partial charge in [0.05, 0.1) is 0 Å². The molecule has 0 unspecified atom stereocenters. The summed E-state index contributed by atoms with van der Waals surface area (Å²) in [4.78, 5) is 29.3. The summed E-state index contributed by atoms with van der Waals surface area (Å²) in [5.41, 5.74) is 2.24. The van der Waals surface area contributed by atoms with Gasteiger partial charge < -0.3 is 10.2 Å². The fourth-order valence-corrected chi connectivity index (χ4v) is 4.96. The zero-order chi connectivity index (χ0) is 22.1. The summed E-state index contributed by atoms with van der Waals surface area (Å²) in [6.45, 7) is 4.51. The van der Waals surface area contributed by atoms with Crippen LogP contribution in [-0.2, 0) is 16.1 Å². The molecule has 1 aliphatic carbocycles. The van der Waals surface area contributed by atoms with E-state index in [4.69, 9.17) is 0 Å². The van der Waals surface area contributed by atoms with Gasteiger partial charge in [0.15, 0.2) is 0 Å². The van der Waals surface area contributed by atoms with Gasteiger partial charge in [-0.05, 0) is 43.9 Å². The predicted octanol–water partition coefficient (Wildman–Crippen LogP) is 5.34. The highest BCUT2D eigenvalue weighted by molar-refractivity contribution is 7.99. The monoisotopic (exact) mass is 438 g/mol. The average molecular weight is 439 g/mol. The first-order chi connectivity index (χ1) is 15.1.